The molecular weight excluding hydrogens is 88.1 g/mol. The minimum Gasteiger partial charge on any atom is -0.362 e. The van der Waals surface area contributed by atoms with Crippen molar-refractivity contribution in [3.05, 3.63) is 12.7 Å². The minimum atomic E-state index is 0.0139. The predicted molar refractivity (Wildman–Crippen MR) is 29.1 cm³/mol. The Balaban J connectivity index is 2.51. The van der Waals surface area contributed by atoms with E-state index in [0.29, 0.717) is 6.10 Å². The van der Waals surface area contributed by atoms with Crippen molar-refractivity contribution in [2.75, 3.05) is 0 Å². The molecule has 0 radical (unpaired) electrons. The highest BCUT2D eigenvalue weighted by Crippen LogP contribution is 2.35. The summed E-state index contributed by atoms with van der Waals surface area (Å²) in [6, 6.07) is 0. The van der Waals surface area contributed by atoms with E-state index in [4.69, 9.17) is 4.74 Å². The Hall–Kier alpha value is -0.300. The molecule has 1 rings (SSSR count). The normalized spacial score (nSPS) is 48.6. The van der Waals surface area contributed by atoms with Crippen LogP contribution in [0.15, 0.2) is 12.7 Å². The van der Waals surface area contributed by atoms with Crippen molar-refractivity contribution in [2.45, 2.75) is 25.6 Å². The van der Waals surface area contributed by atoms with Crippen LogP contribution in [0, 0.1) is 0 Å². The van der Waals surface area contributed by atoms with Crippen LogP contribution in [0.5, 0.6) is 0 Å². The van der Waals surface area contributed by atoms with Gasteiger partial charge in [0.05, 0.1) is 6.10 Å². The monoisotopic (exact) mass is 98.1 g/mol. The zero-order chi connectivity index (χ0) is 5.49. The second-order valence-corrected chi connectivity index (χ2v) is 2.15. The SMILES string of the molecule is C=CC1(C)OC1C. The first-order valence-electron chi connectivity index (χ1n) is 2.50. The molecule has 1 fully saturated rings. The second kappa shape index (κ2) is 1.10. The van der Waals surface area contributed by atoms with Gasteiger partial charge in [0.1, 0.15) is 5.60 Å². The van der Waals surface area contributed by atoms with Gasteiger partial charge in [-0.2, -0.15) is 0 Å². The lowest BCUT2D eigenvalue weighted by Crippen LogP contribution is -2.00. The Bertz CT molecular complexity index is 98.4. The Labute approximate surface area is 44.0 Å². The van der Waals surface area contributed by atoms with Crippen LogP contribution in [0.3, 0.4) is 0 Å². The van der Waals surface area contributed by atoms with E-state index in [-0.39, 0.29) is 5.60 Å². The van der Waals surface area contributed by atoms with Gasteiger partial charge in [0.25, 0.3) is 0 Å². The maximum Gasteiger partial charge on any atom is 0.109 e. The number of hydrogen-bond acceptors (Lipinski definition) is 1. The summed E-state index contributed by atoms with van der Waals surface area (Å²) >= 11 is 0. The van der Waals surface area contributed by atoms with Crippen molar-refractivity contribution in [2.24, 2.45) is 0 Å². The van der Waals surface area contributed by atoms with Gasteiger partial charge in [0.2, 0.25) is 0 Å². The summed E-state index contributed by atoms with van der Waals surface area (Å²) in [5, 5.41) is 0. The fraction of sp³-hybridized carbons (Fsp3) is 0.667. The highest BCUT2D eigenvalue weighted by molar-refractivity contribution is 5.08. The molecule has 2 unspecified atom stereocenters. The summed E-state index contributed by atoms with van der Waals surface area (Å²) in [5.74, 6) is 0. The number of ether oxygens (including phenoxy) is 1. The average molecular weight is 98.1 g/mol. The van der Waals surface area contributed by atoms with Crippen LogP contribution in [0.25, 0.3) is 0 Å². The van der Waals surface area contributed by atoms with Crippen LogP contribution >= 0.6 is 0 Å². The zero-order valence-electron chi connectivity index (χ0n) is 4.77. The van der Waals surface area contributed by atoms with E-state index < -0.39 is 0 Å². The van der Waals surface area contributed by atoms with Crippen molar-refractivity contribution < 1.29 is 4.74 Å². The third-order valence-electron chi connectivity index (χ3n) is 1.59. The van der Waals surface area contributed by atoms with Crippen LogP contribution in [0.2, 0.25) is 0 Å². The fourth-order valence-electron chi connectivity index (χ4n) is 0.561. The third-order valence-corrected chi connectivity index (χ3v) is 1.59. The summed E-state index contributed by atoms with van der Waals surface area (Å²) in [4.78, 5) is 0. The maximum absolute atomic E-state index is 5.14. The highest BCUT2D eigenvalue weighted by Gasteiger charge is 2.45. The van der Waals surface area contributed by atoms with Gasteiger partial charge in [-0.1, -0.05) is 6.08 Å². The lowest BCUT2D eigenvalue weighted by Gasteiger charge is -1.88. The van der Waals surface area contributed by atoms with E-state index in [2.05, 4.69) is 6.58 Å². The van der Waals surface area contributed by atoms with Crippen molar-refractivity contribution in [3.8, 4) is 0 Å². The highest BCUT2D eigenvalue weighted by atomic mass is 16.6. The molecular formula is C6H10O. The molecule has 1 aliphatic heterocycles. The standard InChI is InChI=1S/C6H10O/c1-4-6(3)5(2)7-6/h4-5H,1H2,2-3H3. The molecule has 2 atom stereocenters. The van der Waals surface area contributed by atoms with Crippen molar-refractivity contribution in [1.82, 2.24) is 0 Å². The van der Waals surface area contributed by atoms with Gasteiger partial charge >= 0.3 is 0 Å². The van der Waals surface area contributed by atoms with Crippen molar-refractivity contribution in [3.63, 3.8) is 0 Å². The van der Waals surface area contributed by atoms with Crippen LogP contribution in [0.1, 0.15) is 13.8 Å². The Morgan fingerprint density at radius 1 is 1.86 bits per heavy atom. The largest absolute Gasteiger partial charge is 0.362 e. The molecule has 1 saturated heterocycles. The molecule has 0 bridgehead atoms. The van der Waals surface area contributed by atoms with E-state index in [1.54, 1.807) is 0 Å². The zero-order valence-corrected chi connectivity index (χ0v) is 4.77. The first-order chi connectivity index (χ1) is 3.19. The van der Waals surface area contributed by atoms with E-state index in [1.807, 2.05) is 19.9 Å². The molecule has 0 aromatic heterocycles. The van der Waals surface area contributed by atoms with Gasteiger partial charge in [0, 0.05) is 0 Å². The molecule has 7 heavy (non-hydrogen) atoms. The molecule has 40 valence electrons. The summed E-state index contributed by atoms with van der Waals surface area (Å²) in [6.07, 6.45) is 2.24. The molecule has 0 spiro atoms. The topological polar surface area (TPSA) is 12.5 Å². The summed E-state index contributed by atoms with van der Waals surface area (Å²) in [5.41, 5.74) is 0.0139. The maximum atomic E-state index is 5.14. The van der Waals surface area contributed by atoms with E-state index in [9.17, 15) is 0 Å². The summed E-state index contributed by atoms with van der Waals surface area (Å²) in [6.45, 7) is 7.70. The van der Waals surface area contributed by atoms with Gasteiger partial charge in [-0.15, -0.1) is 6.58 Å². The van der Waals surface area contributed by atoms with Crippen LogP contribution in [0.4, 0.5) is 0 Å². The molecule has 1 heteroatoms. The van der Waals surface area contributed by atoms with E-state index >= 15 is 0 Å². The van der Waals surface area contributed by atoms with Gasteiger partial charge in [-0.25, -0.2) is 0 Å². The Kier molecular flexibility index (Phi) is 0.762. The Morgan fingerprint density at radius 2 is 2.29 bits per heavy atom. The molecule has 0 saturated carbocycles. The van der Waals surface area contributed by atoms with E-state index in [1.165, 1.54) is 0 Å². The van der Waals surface area contributed by atoms with Crippen LogP contribution in [-0.2, 0) is 4.74 Å². The molecule has 0 amide bonds. The minimum absolute atomic E-state index is 0.0139. The van der Waals surface area contributed by atoms with Gasteiger partial charge < -0.3 is 4.74 Å². The lowest BCUT2D eigenvalue weighted by atomic mass is 10.1. The van der Waals surface area contributed by atoms with Gasteiger partial charge in [-0.05, 0) is 13.8 Å². The molecule has 1 nitrogen and oxygen atoms in total. The molecule has 0 aromatic rings. The smallest absolute Gasteiger partial charge is 0.109 e. The number of rotatable bonds is 1. The molecule has 0 aliphatic carbocycles. The first-order valence-corrected chi connectivity index (χ1v) is 2.50. The number of epoxide rings is 1. The van der Waals surface area contributed by atoms with Crippen LogP contribution in [-0.4, -0.2) is 11.7 Å². The third kappa shape index (κ3) is 0.570. The molecule has 1 aliphatic rings. The average Bonchev–Trinajstić information content (AvgIpc) is 2.18. The van der Waals surface area contributed by atoms with Gasteiger partial charge in [-0.3, -0.25) is 0 Å². The second-order valence-electron chi connectivity index (χ2n) is 2.15. The quantitative estimate of drug-likeness (QED) is 0.356. The van der Waals surface area contributed by atoms with Gasteiger partial charge in [0.15, 0.2) is 0 Å². The van der Waals surface area contributed by atoms with Crippen molar-refractivity contribution in [1.29, 1.82) is 0 Å². The number of hydrogen-bond donors (Lipinski definition) is 0. The summed E-state index contributed by atoms with van der Waals surface area (Å²) in [7, 11) is 0. The fourth-order valence-corrected chi connectivity index (χ4v) is 0.561. The van der Waals surface area contributed by atoms with E-state index in [0.717, 1.165) is 0 Å². The lowest BCUT2D eigenvalue weighted by molar-refractivity contribution is 0.349. The molecule has 0 N–H and O–H groups in total. The van der Waals surface area contributed by atoms with Crippen molar-refractivity contribution >= 4 is 0 Å². The molecule has 0 aromatic carbocycles. The molecule has 1 heterocycles. The first kappa shape index (κ1) is 4.85. The van der Waals surface area contributed by atoms with Crippen LogP contribution < -0.4 is 0 Å². The summed E-state index contributed by atoms with van der Waals surface area (Å²) < 4.78 is 5.14. The Morgan fingerprint density at radius 3 is 2.29 bits per heavy atom. The predicted octanol–water partition coefficient (Wildman–Crippen LogP) is 1.35.